The predicted molar refractivity (Wildman–Crippen MR) is 101 cm³/mol. The number of nitrogens with zero attached hydrogens (tertiary/aromatic N) is 4. The number of carbonyl (C=O) groups is 1. The highest BCUT2D eigenvalue weighted by Gasteiger charge is 2.31. The highest BCUT2D eigenvalue weighted by Crippen LogP contribution is 2.24. The van der Waals surface area contributed by atoms with E-state index in [0.29, 0.717) is 18.9 Å². The number of amides is 1. The zero-order valence-electron chi connectivity index (χ0n) is 14.5. The highest BCUT2D eigenvalue weighted by molar-refractivity contribution is 5.96. The SMILES string of the molecule is Cc1ccc(N2C[C@@H](Nc3nccc(-c4cccnc4)n3)CC2=O)cc1. The van der Waals surface area contributed by atoms with E-state index in [1.807, 2.05) is 54.3 Å². The number of hydrogen-bond acceptors (Lipinski definition) is 5. The maximum absolute atomic E-state index is 12.4. The van der Waals surface area contributed by atoms with Crippen LogP contribution in [0.5, 0.6) is 0 Å². The molecule has 6 heteroatoms. The highest BCUT2D eigenvalue weighted by atomic mass is 16.2. The van der Waals surface area contributed by atoms with Gasteiger partial charge in [0.25, 0.3) is 0 Å². The second kappa shape index (κ2) is 6.92. The first kappa shape index (κ1) is 16.2. The van der Waals surface area contributed by atoms with Gasteiger partial charge in [0, 0.05) is 42.8 Å². The third kappa shape index (κ3) is 3.39. The summed E-state index contributed by atoms with van der Waals surface area (Å²) in [4.78, 5) is 27.2. The van der Waals surface area contributed by atoms with Gasteiger partial charge in [-0.15, -0.1) is 0 Å². The molecule has 1 aromatic carbocycles. The molecule has 4 rings (SSSR count). The number of benzene rings is 1. The van der Waals surface area contributed by atoms with E-state index in [-0.39, 0.29) is 11.9 Å². The van der Waals surface area contributed by atoms with Gasteiger partial charge in [0.2, 0.25) is 11.9 Å². The van der Waals surface area contributed by atoms with Crippen LogP contribution in [0.2, 0.25) is 0 Å². The lowest BCUT2D eigenvalue weighted by atomic mass is 10.2. The summed E-state index contributed by atoms with van der Waals surface area (Å²) in [6.45, 7) is 2.63. The van der Waals surface area contributed by atoms with E-state index in [4.69, 9.17) is 0 Å². The topological polar surface area (TPSA) is 71.0 Å². The summed E-state index contributed by atoms with van der Waals surface area (Å²) in [5, 5.41) is 3.29. The molecule has 0 radical (unpaired) electrons. The van der Waals surface area contributed by atoms with Gasteiger partial charge in [-0.25, -0.2) is 9.97 Å². The lowest BCUT2D eigenvalue weighted by Crippen LogP contribution is -2.28. The molecule has 130 valence electrons. The number of carbonyl (C=O) groups excluding carboxylic acids is 1. The Morgan fingerprint density at radius 1 is 1.12 bits per heavy atom. The van der Waals surface area contributed by atoms with Crippen LogP contribution < -0.4 is 10.2 Å². The second-order valence-corrected chi connectivity index (χ2v) is 6.39. The summed E-state index contributed by atoms with van der Waals surface area (Å²) in [5.41, 5.74) is 3.84. The minimum Gasteiger partial charge on any atom is -0.349 e. The van der Waals surface area contributed by atoms with Crippen molar-refractivity contribution >= 4 is 17.5 Å². The minimum atomic E-state index is -0.0204. The Balaban J connectivity index is 1.48. The normalized spacial score (nSPS) is 16.7. The van der Waals surface area contributed by atoms with Crippen molar-refractivity contribution in [1.29, 1.82) is 0 Å². The quantitative estimate of drug-likeness (QED) is 0.787. The van der Waals surface area contributed by atoms with Crippen molar-refractivity contribution in [3.63, 3.8) is 0 Å². The molecule has 3 heterocycles. The van der Waals surface area contributed by atoms with Gasteiger partial charge in [-0.1, -0.05) is 17.7 Å². The van der Waals surface area contributed by atoms with Crippen molar-refractivity contribution < 1.29 is 4.79 Å². The first-order valence-electron chi connectivity index (χ1n) is 8.56. The summed E-state index contributed by atoms with van der Waals surface area (Å²) in [6, 6.07) is 13.7. The van der Waals surface area contributed by atoms with E-state index >= 15 is 0 Å². The van der Waals surface area contributed by atoms with Crippen molar-refractivity contribution in [3.8, 4) is 11.3 Å². The standard InChI is InChI=1S/C20H19N5O/c1-14-4-6-17(7-5-14)25-13-16(11-19(25)26)23-20-22-10-8-18(24-20)15-3-2-9-21-12-15/h2-10,12,16H,11,13H2,1H3,(H,22,23,24)/t16-/m0/s1. The summed E-state index contributed by atoms with van der Waals surface area (Å²) >= 11 is 0. The number of nitrogens with one attached hydrogen (secondary N) is 1. The van der Waals surface area contributed by atoms with Crippen molar-refractivity contribution in [3.05, 3.63) is 66.6 Å². The van der Waals surface area contributed by atoms with Gasteiger partial charge in [0.05, 0.1) is 11.7 Å². The van der Waals surface area contributed by atoms with E-state index < -0.39 is 0 Å². The van der Waals surface area contributed by atoms with E-state index in [1.54, 1.807) is 18.6 Å². The monoisotopic (exact) mass is 345 g/mol. The molecule has 1 N–H and O–H groups in total. The van der Waals surface area contributed by atoms with Gasteiger partial charge >= 0.3 is 0 Å². The van der Waals surface area contributed by atoms with Gasteiger partial charge in [0.1, 0.15) is 0 Å². The summed E-state index contributed by atoms with van der Waals surface area (Å²) < 4.78 is 0. The van der Waals surface area contributed by atoms with Crippen LogP contribution >= 0.6 is 0 Å². The molecule has 0 unspecified atom stereocenters. The fourth-order valence-corrected chi connectivity index (χ4v) is 3.06. The Bertz CT molecular complexity index is 911. The molecule has 1 amide bonds. The van der Waals surface area contributed by atoms with Crippen LogP contribution in [0.25, 0.3) is 11.3 Å². The molecular weight excluding hydrogens is 326 g/mol. The lowest BCUT2D eigenvalue weighted by molar-refractivity contribution is -0.117. The molecule has 0 bridgehead atoms. The maximum atomic E-state index is 12.4. The Kier molecular flexibility index (Phi) is 4.31. The van der Waals surface area contributed by atoms with E-state index in [1.165, 1.54) is 5.56 Å². The largest absolute Gasteiger partial charge is 0.349 e. The third-order valence-electron chi connectivity index (χ3n) is 4.42. The molecule has 2 aromatic heterocycles. The smallest absolute Gasteiger partial charge is 0.229 e. The number of aromatic nitrogens is 3. The summed E-state index contributed by atoms with van der Waals surface area (Å²) in [6.07, 6.45) is 5.64. The van der Waals surface area contributed by atoms with E-state index in [9.17, 15) is 4.79 Å². The molecule has 6 nitrogen and oxygen atoms in total. The molecule has 0 aliphatic carbocycles. The minimum absolute atomic E-state index is 0.0204. The molecule has 1 aliphatic rings. The third-order valence-corrected chi connectivity index (χ3v) is 4.42. The molecule has 1 saturated heterocycles. The Morgan fingerprint density at radius 2 is 1.96 bits per heavy atom. The molecule has 1 fully saturated rings. The second-order valence-electron chi connectivity index (χ2n) is 6.39. The van der Waals surface area contributed by atoms with Gasteiger partial charge in [-0.05, 0) is 37.3 Å². The Labute approximate surface area is 151 Å². The maximum Gasteiger partial charge on any atom is 0.229 e. The Morgan fingerprint density at radius 3 is 2.73 bits per heavy atom. The number of pyridine rings is 1. The average Bonchev–Trinajstić information content (AvgIpc) is 3.03. The number of anilines is 2. The van der Waals surface area contributed by atoms with Crippen LogP contribution in [0.1, 0.15) is 12.0 Å². The molecule has 0 spiro atoms. The molecule has 0 saturated carbocycles. The van der Waals surface area contributed by atoms with Gasteiger partial charge in [-0.2, -0.15) is 0 Å². The van der Waals surface area contributed by atoms with Crippen molar-refractivity contribution in [2.75, 3.05) is 16.8 Å². The van der Waals surface area contributed by atoms with Crippen LogP contribution in [0.3, 0.4) is 0 Å². The Hall–Kier alpha value is -3.28. The molecular formula is C20H19N5O. The average molecular weight is 345 g/mol. The molecule has 1 atom stereocenters. The summed E-state index contributed by atoms with van der Waals surface area (Å²) in [7, 11) is 0. The van der Waals surface area contributed by atoms with Gasteiger partial charge in [-0.3, -0.25) is 9.78 Å². The zero-order valence-corrected chi connectivity index (χ0v) is 14.5. The molecule has 26 heavy (non-hydrogen) atoms. The first-order chi connectivity index (χ1) is 12.7. The lowest BCUT2D eigenvalue weighted by Gasteiger charge is -2.17. The fourth-order valence-electron chi connectivity index (χ4n) is 3.06. The predicted octanol–water partition coefficient (Wildman–Crippen LogP) is 3.06. The van der Waals surface area contributed by atoms with Crippen molar-refractivity contribution in [1.82, 2.24) is 15.0 Å². The van der Waals surface area contributed by atoms with Crippen LogP contribution in [0.4, 0.5) is 11.6 Å². The van der Waals surface area contributed by atoms with E-state index in [0.717, 1.165) is 16.9 Å². The van der Waals surface area contributed by atoms with Crippen LogP contribution in [-0.4, -0.2) is 33.4 Å². The van der Waals surface area contributed by atoms with Gasteiger partial charge < -0.3 is 10.2 Å². The van der Waals surface area contributed by atoms with Crippen LogP contribution in [0.15, 0.2) is 61.1 Å². The number of hydrogen-bond donors (Lipinski definition) is 1. The molecule has 1 aliphatic heterocycles. The fraction of sp³-hybridized carbons (Fsp3) is 0.200. The van der Waals surface area contributed by atoms with Crippen molar-refractivity contribution in [2.24, 2.45) is 0 Å². The number of aryl methyl sites for hydroxylation is 1. The number of rotatable bonds is 4. The zero-order chi connectivity index (χ0) is 17.9. The van der Waals surface area contributed by atoms with Crippen LogP contribution in [-0.2, 0) is 4.79 Å². The van der Waals surface area contributed by atoms with Gasteiger partial charge in [0.15, 0.2) is 0 Å². The van der Waals surface area contributed by atoms with Crippen LogP contribution in [0, 0.1) is 6.92 Å². The van der Waals surface area contributed by atoms with E-state index in [2.05, 4.69) is 20.3 Å². The molecule has 3 aromatic rings. The first-order valence-corrected chi connectivity index (χ1v) is 8.56. The van der Waals surface area contributed by atoms with Crippen molar-refractivity contribution in [2.45, 2.75) is 19.4 Å². The summed E-state index contributed by atoms with van der Waals surface area (Å²) in [5.74, 6) is 0.629.